The minimum Gasteiger partial charge on any atom is -0.469 e. The van der Waals surface area contributed by atoms with Gasteiger partial charge >= 0.3 is 0 Å². The quantitative estimate of drug-likeness (QED) is 0.796. The summed E-state index contributed by atoms with van der Waals surface area (Å²) in [6, 6.07) is 3.90. The highest BCUT2D eigenvalue weighted by Crippen LogP contribution is 2.23. The number of ether oxygens (including phenoxy) is 1. The summed E-state index contributed by atoms with van der Waals surface area (Å²) in [7, 11) is 0. The maximum atomic E-state index is 6.08. The molecule has 1 aliphatic heterocycles. The highest BCUT2D eigenvalue weighted by atomic mass is 16.5. The van der Waals surface area contributed by atoms with Crippen LogP contribution in [0.5, 0.6) is 0 Å². The molecule has 2 N–H and O–H groups in total. The number of rotatable bonds is 3. The molecule has 0 amide bonds. The second kappa shape index (κ2) is 4.15. The molecule has 3 nitrogen and oxygen atoms in total. The van der Waals surface area contributed by atoms with Gasteiger partial charge in [0.2, 0.25) is 0 Å². The second-order valence-electron chi connectivity index (χ2n) is 4.05. The fraction of sp³-hybridized carbons (Fsp3) is 0.636. The predicted molar refractivity (Wildman–Crippen MR) is 53.9 cm³/mol. The summed E-state index contributed by atoms with van der Waals surface area (Å²) < 4.78 is 10.9. The molecule has 2 rings (SSSR count). The van der Waals surface area contributed by atoms with Crippen molar-refractivity contribution in [1.29, 1.82) is 0 Å². The van der Waals surface area contributed by atoms with Gasteiger partial charge in [-0.15, -0.1) is 0 Å². The Morgan fingerprint density at radius 1 is 1.64 bits per heavy atom. The molecule has 0 bridgehead atoms. The molecule has 1 fully saturated rings. The van der Waals surface area contributed by atoms with E-state index in [-0.39, 0.29) is 12.1 Å². The van der Waals surface area contributed by atoms with Gasteiger partial charge in [0.05, 0.1) is 12.4 Å². The van der Waals surface area contributed by atoms with E-state index in [2.05, 4.69) is 6.92 Å². The molecule has 3 heteroatoms. The van der Waals surface area contributed by atoms with Crippen LogP contribution < -0.4 is 5.73 Å². The van der Waals surface area contributed by atoms with Crippen LogP contribution in [0.25, 0.3) is 0 Å². The molecule has 1 saturated heterocycles. The number of hydrogen-bond donors (Lipinski definition) is 1. The van der Waals surface area contributed by atoms with E-state index in [1.807, 2.05) is 12.1 Å². The van der Waals surface area contributed by atoms with Crippen molar-refractivity contribution < 1.29 is 9.15 Å². The minimum atomic E-state index is 0.0543. The van der Waals surface area contributed by atoms with Gasteiger partial charge in [0.15, 0.2) is 0 Å². The van der Waals surface area contributed by atoms with Crippen LogP contribution in [0.1, 0.15) is 19.1 Å². The molecule has 0 saturated carbocycles. The van der Waals surface area contributed by atoms with E-state index in [1.165, 1.54) is 0 Å². The third kappa shape index (κ3) is 1.99. The molecular weight excluding hydrogens is 178 g/mol. The standard InChI is InChI=1S/C11H17NO2/c1-8-4-6-14-11(8)10(12)7-9-3-2-5-13-9/h2-3,5,8,10-11H,4,6-7,12H2,1H3. The highest BCUT2D eigenvalue weighted by molar-refractivity contribution is 5.02. The summed E-state index contributed by atoms with van der Waals surface area (Å²) >= 11 is 0. The summed E-state index contributed by atoms with van der Waals surface area (Å²) in [4.78, 5) is 0. The Balaban J connectivity index is 1.92. The van der Waals surface area contributed by atoms with Gasteiger partial charge in [-0.05, 0) is 24.5 Å². The van der Waals surface area contributed by atoms with E-state index >= 15 is 0 Å². The SMILES string of the molecule is CC1CCOC1C(N)Cc1ccco1. The summed E-state index contributed by atoms with van der Waals surface area (Å²) in [6.07, 6.45) is 3.76. The van der Waals surface area contributed by atoms with Crippen molar-refractivity contribution in [1.82, 2.24) is 0 Å². The first-order valence-corrected chi connectivity index (χ1v) is 5.17. The Labute approximate surface area is 84.2 Å². The van der Waals surface area contributed by atoms with Crippen LogP contribution in [0, 0.1) is 5.92 Å². The van der Waals surface area contributed by atoms with Crippen molar-refractivity contribution in [3.63, 3.8) is 0 Å². The Hall–Kier alpha value is -0.800. The van der Waals surface area contributed by atoms with Crippen molar-refractivity contribution >= 4 is 0 Å². The van der Waals surface area contributed by atoms with Gasteiger partial charge in [-0.25, -0.2) is 0 Å². The lowest BCUT2D eigenvalue weighted by Crippen LogP contribution is -2.39. The van der Waals surface area contributed by atoms with Crippen molar-refractivity contribution in [3.05, 3.63) is 24.2 Å². The molecule has 3 unspecified atom stereocenters. The Morgan fingerprint density at radius 3 is 3.07 bits per heavy atom. The molecule has 0 radical (unpaired) electrons. The van der Waals surface area contributed by atoms with Crippen LogP contribution in [-0.4, -0.2) is 18.8 Å². The van der Waals surface area contributed by atoms with E-state index < -0.39 is 0 Å². The maximum Gasteiger partial charge on any atom is 0.105 e. The monoisotopic (exact) mass is 195 g/mol. The fourth-order valence-electron chi connectivity index (χ4n) is 2.04. The lowest BCUT2D eigenvalue weighted by molar-refractivity contribution is 0.0712. The summed E-state index contributed by atoms with van der Waals surface area (Å²) in [5.74, 6) is 1.51. The zero-order chi connectivity index (χ0) is 9.97. The Bertz CT molecular complexity index is 271. The molecular formula is C11H17NO2. The van der Waals surface area contributed by atoms with Crippen LogP contribution in [0.15, 0.2) is 22.8 Å². The summed E-state index contributed by atoms with van der Waals surface area (Å²) in [5, 5.41) is 0. The summed E-state index contributed by atoms with van der Waals surface area (Å²) in [5.41, 5.74) is 6.08. The van der Waals surface area contributed by atoms with Crippen molar-refractivity contribution in [2.45, 2.75) is 31.9 Å². The lowest BCUT2D eigenvalue weighted by Gasteiger charge is -2.21. The molecule has 1 aromatic rings. The molecule has 14 heavy (non-hydrogen) atoms. The van der Waals surface area contributed by atoms with E-state index in [1.54, 1.807) is 6.26 Å². The number of furan rings is 1. The molecule has 78 valence electrons. The molecule has 0 aliphatic carbocycles. The predicted octanol–water partition coefficient (Wildman–Crippen LogP) is 1.57. The van der Waals surface area contributed by atoms with Crippen molar-refractivity contribution in [3.8, 4) is 0 Å². The lowest BCUT2D eigenvalue weighted by atomic mass is 9.95. The molecule has 0 aromatic carbocycles. The van der Waals surface area contributed by atoms with Crippen LogP contribution >= 0.6 is 0 Å². The average molecular weight is 195 g/mol. The first kappa shape index (κ1) is 9.74. The van der Waals surface area contributed by atoms with Gasteiger partial charge in [-0.2, -0.15) is 0 Å². The highest BCUT2D eigenvalue weighted by Gasteiger charge is 2.30. The van der Waals surface area contributed by atoms with E-state index in [0.717, 1.165) is 25.2 Å². The van der Waals surface area contributed by atoms with E-state index in [9.17, 15) is 0 Å². The first-order valence-electron chi connectivity index (χ1n) is 5.17. The third-order valence-electron chi connectivity index (χ3n) is 2.88. The molecule has 1 aliphatic rings. The van der Waals surface area contributed by atoms with Gasteiger partial charge in [-0.1, -0.05) is 6.92 Å². The fourth-order valence-corrected chi connectivity index (χ4v) is 2.04. The van der Waals surface area contributed by atoms with Crippen LogP contribution in [-0.2, 0) is 11.2 Å². The van der Waals surface area contributed by atoms with Gasteiger partial charge in [0, 0.05) is 19.1 Å². The van der Waals surface area contributed by atoms with Crippen LogP contribution in [0.3, 0.4) is 0 Å². The van der Waals surface area contributed by atoms with E-state index in [0.29, 0.717) is 5.92 Å². The zero-order valence-corrected chi connectivity index (χ0v) is 8.48. The van der Waals surface area contributed by atoms with E-state index in [4.69, 9.17) is 14.9 Å². The van der Waals surface area contributed by atoms with Crippen LogP contribution in [0.2, 0.25) is 0 Å². The van der Waals surface area contributed by atoms with Gasteiger partial charge in [0.1, 0.15) is 5.76 Å². The van der Waals surface area contributed by atoms with Crippen LogP contribution in [0.4, 0.5) is 0 Å². The average Bonchev–Trinajstić information content (AvgIpc) is 2.75. The van der Waals surface area contributed by atoms with Gasteiger partial charge in [-0.3, -0.25) is 0 Å². The molecule has 2 heterocycles. The maximum absolute atomic E-state index is 6.08. The van der Waals surface area contributed by atoms with Crippen molar-refractivity contribution in [2.24, 2.45) is 11.7 Å². The van der Waals surface area contributed by atoms with Crippen molar-refractivity contribution in [2.75, 3.05) is 6.61 Å². The Kier molecular flexibility index (Phi) is 2.89. The largest absolute Gasteiger partial charge is 0.469 e. The first-order chi connectivity index (χ1) is 6.77. The molecule has 0 spiro atoms. The Morgan fingerprint density at radius 2 is 2.50 bits per heavy atom. The normalized spacial score (nSPS) is 29.3. The summed E-state index contributed by atoms with van der Waals surface area (Å²) in [6.45, 7) is 3.04. The minimum absolute atomic E-state index is 0.0543. The number of hydrogen-bond acceptors (Lipinski definition) is 3. The smallest absolute Gasteiger partial charge is 0.105 e. The topological polar surface area (TPSA) is 48.4 Å². The number of nitrogens with two attached hydrogens (primary N) is 1. The zero-order valence-electron chi connectivity index (χ0n) is 8.48. The second-order valence-corrected chi connectivity index (χ2v) is 4.05. The molecule has 3 atom stereocenters. The molecule has 1 aromatic heterocycles. The van der Waals surface area contributed by atoms with Gasteiger partial charge < -0.3 is 14.9 Å². The van der Waals surface area contributed by atoms with Gasteiger partial charge in [0.25, 0.3) is 0 Å². The third-order valence-corrected chi connectivity index (χ3v) is 2.88.